The SMILES string of the molecule is CSc1cccc(NC(=O)NC[C@H](CN(C)C)[C@@H](O)c2ccccc2)c1. The van der Waals surface area contributed by atoms with Crippen LogP contribution in [0.15, 0.2) is 59.5 Å². The molecule has 2 aromatic rings. The van der Waals surface area contributed by atoms with Crippen LogP contribution in [0.1, 0.15) is 11.7 Å². The lowest BCUT2D eigenvalue weighted by Gasteiger charge is -2.26. The van der Waals surface area contributed by atoms with E-state index < -0.39 is 6.10 Å². The van der Waals surface area contributed by atoms with Gasteiger partial charge in [-0.2, -0.15) is 0 Å². The normalized spacial score (nSPS) is 13.3. The van der Waals surface area contributed by atoms with Crippen molar-refractivity contribution in [2.45, 2.75) is 11.0 Å². The van der Waals surface area contributed by atoms with Crippen LogP contribution in [0, 0.1) is 5.92 Å². The van der Waals surface area contributed by atoms with Crippen molar-refractivity contribution in [1.29, 1.82) is 0 Å². The molecular weight excluding hydrogens is 346 g/mol. The molecule has 5 nitrogen and oxygen atoms in total. The fourth-order valence-electron chi connectivity index (χ4n) is 2.77. The summed E-state index contributed by atoms with van der Waals surface area (Å²) >= 11 is 1.63. The van der Waals surface area contributed by atoms with Crippen LogP contribution >= 0.6 is 11.8 Å². The van der Waals surface area contributed by atoms with Crippen LogP contribution in [0.2, 0.25) is 0 Å². The minimum atomic E-state index is -0.640. The molecule has 0 spiro atoms. The van der Waals surface area contributed by atoms with Crippen molar-refractivity contribution in [3.63, 3.8) is 0 Å². The first-order valence-corrected chi connectivity index (χ1v) is 9.78. The van der Waals surface area contributed by atoms with Gasteiger partial charge in [-0.25, -0.2) is 4.79 Å². The highest BCUT2D eigenvalue weighted by atomic mass is 32.2. The highest BCUT2D eigenvalue weighted by Gasteiger charge is 2.22. The van der Waals surface area contributed by atoms with Gasteiger partial charge in [0.25, 0.3) is 0 Å². The van der Waals surface area contributed by atoms with Gasteiger partial charge < -0.3 is 20.6 Å². The summed E-state index contributed by atoms with van der Waals surface area (Å²) in [6, 6.07) is 17.0. The Morgan fingerprint density at radius 2 is 1.88 bits per heavy atom. The van der Waals surface area contributed by atoms with Crippen molar-refractivity contribution in [3.05, 3.63) is 60.2 Å². The molecule has 2 atom stereocenters. The first kappa shape index (κ1) is 20.3. The van der Waals surface area contributed by atoms with Gasteiger partial charge in [-0.1, -0.05) is 36.4 Å². The summed E-state index contributed by atoms with van der Waals surface area (Å²) in [6.07, 6.45) is 1.36. The van der Waals surface area contributed by atoms with E-state index in [-0.39, 0.29) is 11.9 Å². The summed E-state index contributed by atoms with van der Waals surface area (Å²) in [5.41, 5.74) is 1.61. The number of urea groups is 1. The van der Waals surface area contributed by atoms with Crippen molar-refractivity contribution in [2.24, 2.45) is 5.92 Å². The van der Waals surface area contributed by atoms with Crippen molar-refractivity contribution in [1.82, 2.24) is 10.2 Å². The van der Waals surface area contributed by atoms with Crippen LogP contribution < -0.4 is 10.6 Å². The number of nitrogens with one attached hydrogen (secondary N) is 2. The Balaban J connectivity index is 1.96. The zero-order valence-corrected chi connectivity index (χ0v) is 16.3. The van der Waals surface area contributed by atoms with E-state index in [1.807, 2.05) is 79.8 Å². The van der Waals surface area contributed by atoms with E-state index in [2.05, 4.69) is 10.6 Å². The first-order chi connectivity index (χ1) is 12.5. The molecule has 6 heteroatoms. The van der Waals surface area contributed by atoms with Gasteiger partial charge in [0.05, 0.1) is 6.10 Å². The van der Waals surface area contributed by atoms with Crippen LogP contribution in [-0.4, -0.2) is 49.5 Å². The Morgan fingerprint density at radius 3 is 2.54 bits per heavy atom. The Bertz CT molecular complexity index is 694. The third-order valence-corrected chi connectivity index (χ3v) is 4.77. The lowest BCUT2D eigenvalue weighted by atomic mass is 9.95. The fraction of sp³-hybridized carbons (Fsp3) is 0.350. The number of amides is 2. The van der Waals surface area contributed by atoms with Gasteiger partial charge >= 0.3 is 6.03 Å². The molecule has 0 aliphatic heterocycles. The molecule has 0 unspecified atom stereocenters. The predicted octanol–water partition coefficient (Wildman–Crippen LogP) is 3.44. The third kappa shape index (κ3) is 6.37. The van der Waals surface area contributed by atoms with Gasteiger partial charge in [0.2, 0.25) is 0 Å². The average molecular weight is 374 g/mol. The lowest BCUT2D eigenvalue weighted by molar-refractivity contribution is 0.0911. The maximum Gasteiger partial charge on any atom is 0.319 e. The van der Waals surface area contributed by atoms with Gasteiger partial charge in [-0.05, 0) is 44.1 Å². The summed E-state index contributed by atoms with van der Waals surface area (Å²) in [5, 5.41) is 16.4. The summed E-state index contributed by atoms with van der Waals surface area (Å²) in [4.78, 5) is 15.3. The van der Waals surface area contributed by atoms with Crippen LogP contribution in [0.25, 0.3) is 0 Å². The minimum absolute atomic E-state index is 0.115. The Kier molecular flexibility index (Phi) is 7.97. The second-order valence-corrected chi connectivity index (χ2v) is 7.32. The van der Waals surface area contributed by atoms with Gasteiger partial charge in [0.15, 0.2) is 0 Å². The van der Waals surface area contributed by atoms with Crippen molar-refractivity contribution in [2.75, 3.05) is 38.8 Å². The number of anilines is 1. The monoisotopic (exact) mass is 373 g/mol. The van der Waals surface area contributed by atoms with Gasteiger partial charge in [-0.3, -0.25) is 0 Å². The van der Waals surface area contributed by atoms with E-state index in [0.717, 1.165) is 16.1 Å². The molecule has 0 saturated heterocycles. The Morgan fingerprint density at radius 1 is 1.15 bits per heavy atom. The summed E-state index contributed by atoms with van der Waals surface area (Å²) in [5.74, 6) is -0.115. The number of carbonyl (C=O) groups excluding carboxylic acids is 1. The number of rotatable bonds is 8. The van der Waals surface area contributed by atoms with Crippen LogP contribution in [0.3, 0.4) is 0 Å². The zero-order chi connectivity index (χ0) is 18.9. The number of carbonyl (C=O) groups is 1. The quantitative estimate of drug-likeness (QED) is 0.620. The van der Waals surface area contributed by atoms with Crippen LogP contribution in [0.5, 0.6) is 0 Å². The number of thioether (sulfide) groups is 1. The van der Waals surface area contributed by atoms with Crippen LogP contribution in [0.4, 0.5) is 10.5 Å². The summed E-state index contributed by atoms with van der Waals surface area (Å²) in [7, 11) is 3.91. The molecule has 0 radical (unpaired) electrons. The standard InChI is InChI=1S/C20H27N3O2S/c1-23(2)14-16(19(24)15-8-5-4-6-9-15)13-21-20(25)22-17-10-7-11-18(12-17)26-3/h4-12,16,19,24H,13-14H2,1-3H3,(H2,21,22,25)/t16-,19+/m1/s1. The number of benzene rings is 2. The molecule has 0 bridgehead atoms. The fourth-order valence-corrected chi connectivity index (χ4v) is 3.23. The van der Waals surface area contributed by atoms with Crippen molar-refractivity contribution >= 4 is 23.5 Å². The van der Waals surface area contributed by atoms with E-state index >= 15 is 0 Å². The second kappa shape index (κ2) is 10.2. The van der Waals surface area contributed by atoms with E-state index in [1.54, 1.807) is 11.8 Å². The maximum atomic E-state index is 12.2. The number of aliphatic hydroxyl groups excluding tert-OH is 1. The number of nitrogens with zero attached hydrogens (tertiary/aromatic N) is 1. The smallest absolute Gasteiger partial charge is 0.319 e. The molecule has 2 rings (SSSR count). The molecule has 2 aromatic carbocycles. The molecule has 0 heterocycles. The molecule has 2 amide bonds. The molecule has 0 fully saturated rings. The first-order valence-electron chi connectivity index (χ1n) is 8.56. The van der Waals surface area contributed by atoms with Crippen molar-refractivity contribution in [3.8, 4) is 0 Å². The van der Waals surface area contributed by atoms with Crippen LogP contribution in [-0.2, 0) is 0 Å². The second-order valence-electron chi connectivity index (χ2n) is 6.44. The zero-order valence-electron chi connectivity index (χ0n) is 15.5. The summed E-state index contributed by atoms with van der Waals surface area (Å²) in [6.45, 7) is 1.04. The highest BCUT2D eigenvalue weighted by Crippen LogP contribution is 2.22. The van der Waals surface area contributed by atoms with Gasteiger partial charge in [0, 0.05) is 29.6 Å². The number of hydrogen-bond acceptors (Lipinski definition) is 4. The maximum absolute atomic E-state index is 12.2. The molecule has 0 aromatic heterocycles. The molecule has 0 saturated carbocycles. The highest BCUT2D eigenvalue weighted by molar-refractivity contribution is 7.98. The van der Waals surface area contributed by atoms with E-state index in [0.29, 0.717) is 13.1 Å². The van der Waals surface area contributed by atoms with E-state index in [1.165, 1.54) is 0 Å². The molecule has 3 N–H and O–H groups in total. The van der Waals surface area contributed by atoms with E-state index in [9.17, 15) is 9.90 Å². The molecule has 26 heavy (non-hydrogen) atoms. The van der Waals surface area contributed by atoms with Gasteiger partial charge in [0.1, 0.15) is 0 Å². The number of hydrogen-bond donors (Lipinski definition) is 3. The Hall–Kier alpha value is -2.02. The Labute approximate surface area is 159 Å². The molecule has 140 valence electrons. The predicted molar refractivity (Wildman–Crippen MR) is 109 cm³/mol. The average Bonchev–Trinajstić information content (AvgIpc) is 2.65. The van der Waals surface area contributed by atoms with E-state index in [4.69, 9.17) is 0 Å². The van der Waals surface area contributed by atoms with Gasteiger partial charge in [-0.15, -0.1) is 11.8 Å². The largest absolute Gasteiger partial charge is 0.388 e. The molecule has 0 aliphatic rings. The minimum Gasteiger partial charge on any atom is -0.388 e. The third-order valence-electron chi connectivity index (χ3n) is 4.04. The molecule has 0 aliphatic carbocycles. The molecular formula is C20H27N3O2S. The lowest BCUT2D eigenvalue weighted by Crippen LogP contribution is -2.39. The van der Waals surface area contributed by atoms with Crippen molar-refractivity contribution < 1.29 is 9.90 Å². The topological polar surface area (TPSA) is 64.6 Å². The number of aliphatic hydroxyl groups is 1. The summed E-state index contributed by atoms with van der Waals surface area (Å²) < 4.78 is 0.